The number of hydroxylamine groups is 2. The lowest BCUT2D eigenvalue weighted by Gasteiger charge is -2.29. The predicted molar refractivity (Wildman–Crippen MR) is 96.3 cm³/mol. The fraction of sp³-hybridized carbons (Fsp3) is 0.316. The number of nitrogens with one attached hydrogen (secondary N) is 2. The summed E-state index contributed by atoms with van der Waals surface area (Å²) in [6.45, 7) is 0.699. The molecule has 2 fully saturated rings. The van der Waals surface area contributed by atoms with Crippen molar-refractivity contribution < 1.29 is 23.6 Å². The van der Waals surface area contributed by atoms with E-state index < -0.39 is 17.9 Å². The third-order valence-electron chi connectivity index (χ3n) is 4.88. The maximum atomic E-state index is 12.7. The van der Waals surface area contributed by atoms with Crippen LogP contribution in [0.25, 0.3) is 0 Å². The van der Waals surface area contributed by atoms with Gasteiger partial charge in [-0.05, 0) is 30.5 Å². The van der Waals surface area contributed by atoms with Crippen LogP contribution >= 0.6 is 0 Å². The van der Waals surface area contributed by atoms with Crippen molar-refractivity contribution in [2.45, 2.75) is 31.5 Å². The molecular formula is C19H20N4O5. The second-order valence-corrected chi connectivity index (χ2v) is 6.69. The zero-order valence-electron chi connectivity index (χ0n) is 15.0. The van der Waals surface area contributed by atoms with E-state index in [1.165, 1.54) is 22.3 Å². The van der Waals surface area contributed by atoms with Gasteiger partial charge in [-0.15, -0.1) is 0 Å². The van der Waals surface area contributed by atoms with E-state index in [-0.39, 0.29) is 24.4 Å². The molecule has 2 bridgehead atoms. The normalized spacial score (nSPS) is 20.9. The Morgan fingerprint density at radius 2 is 1.93 bits per heavy atom. The van der Waals surface area contributed by atoms with Crippen LogP contribution in [-0.4, -0.2) is 46.4 Å². The Morgan fingerprint density at radius 1 is 1.11 bits per heavy atom. The second-order valence-electron chi connectivity index (χ2n) is 6.69. The Bertz CT molecular complexity index is 854. The molecule has 1 aromatic heterocycles. The second kappa shape index (κ2) is 7.73. The first-order valence-corrected chi connectivity index (χ1v) is 9.04. The summed E-state index contributed by atoms with van der Waals surface area (Å²) in [6.07, 6.45) is 2.50. The molecule has 2 atom stereocenters. The number of carbonyl (C=O) groups excluding carboxylic acids is 3. The van der Waals surface area contributed by atoms with Crippen LogP contribution < -0.4 is 10.9 Å². The van der Waals surface area contributed by atoms with Crippen molar-refractivity contribution in [3.63, 3.8) is 0 Å². The SMILES string of the molecule is O=C(NNC(=O)[C@@H]1CC[C@@H]2CN1C(=O)N2OCc1ccccc1)c1ccco1. The molecule has 0 unspecified atom stereocenters. The van der Waals surface area contributed by atoms with Gasteiger partial charge in [0.05, 0.1) is 12.3 Å². The predicted octanol–water partition coefficient (Wildman–Crippen LogP) is 1.44. The molecule has 3 heterocycles. The van der Waals surface area contributed by atoms with Gasteiger partial charge in [0.15, 0.2) is 5.76 Å². The van der Waals surface area contributed by atoms with Gasteiger partial charge in [0.1, 0.15) is 12.6 Å². The molecule has 4 rings (SSSR count). The number of hydrogen-bond donors (Lipinski definition) is 2. The molecule has 146 valence electrons. The summed E-state index contributed by atoms with van der Waals surface area (Å²) in [5.41, 5.74) is 5.62. The monoisotopic (exact) mass is 384 g/mol. The number of hydrazine groups is 1. The molecular weight excluding hydrogens is 364 g/mol. The van der Waals surface area contributed by atoms with E-state index in [9.17, 15) is 14.4 Å². The van der Waals surface area contributed by atoms with Crippen molar-refractivity contribution in [3.05, 3.63) is 60.1 Å². The summed E-state index contributed by atoms with van der Waals surface area (Å²) in [5.74, 6) is -0.925. The summed E-state index contributed by atoms with van der Waals surface area (Å²) in [5, 5.41) is 1.36. The lowest BCUT2D eigenvalue weighted by atomic mass is 10.0. The Balaban J connectivity index is 1.33. The number of rotatable bonds is 5. The van der Waals surface area contributed by atoms with Crippen molar-refractivity contribution in [1.82, 2.24) is 20.8 Å². The summed E-state index contributed by atoms with van der Waals surface area (Å²) in [7, 11) is 0. The molecule has 2 aliphatic rings. The quantitative estimate of drug-likeness (QED) is 0.759. The Kier molecular flexibility index (Phi) is 4.98. The maximum Gasteiger partial charge on any atom is 0.345 e. The van der Waals surface area contributed by atoms with E-state index in [0.717, 1.165) is 5.56 Å². The van der Waals surface area contributed by atoms with Gasteiger partial charge in [-0.2, -0.15) is 5.06 Å². The van der Waals surface area contributed by atoms with Gasteiger partial charge in [0.2, 0.25) is 0 Å². The van der Waals surface area contributed by atoms with Gasteiger partial charge < -0.3 is 9.32 Å². The number of carbonyl (C=O) groups is 3. The minimum atomic E-state index is -0.661. The summed E-state index contributed by atoms with van der Waals surface area (Å²) < 4.78 is 4.97. The van der Waals surface area contributed by atoms with Crippen LogP contribution in [0.5, 0.6) is 0 Å². The average Bonchev–Trinajstić information content (AvgIpc) is 3.34. The van der Waals surface area contributed by atoms with Crippen LogP contribution in [0.1, 0.15) is 29.0 Å². The van der Waals surface area contributed by atoms with E-state index >= 15 is 0 Å². The van der Waals surface area contributed by atoms with Gasteiger partial charge in [0, 0.05) is 6.54 Å². The van der Waals surface area contributed by atoms with Gasteiger partial charge >= 0.3 is 11.9 Å². The average molecular weight is 384 g/mol. The van der Waals surface area contributed by atoms with Crippen LogP contribution in [0.2, 0.25) is 0 Å². The van der Waals surface area contributed by atoms with Crippen LogP contribution in [0.4, 0.5) is 4.79 Å². The molecule has 0 radical (unpaired) electrons. The Labute approximate surface area is 161 Å². The lowest BCUT2D eigenvalue weighted by Crippen LogP contribution is -2.54. The fourth-order valence-electron chi connectivity index (χ4n) is 3.46. The molecule has 2 saturated heterocycles. The highest BCUT2D eigenvalue weighted by molar-refractivity contribution is 5.94. The number of benzene rings is 1. The van der Waals surface area contributed by atoms with E-state index in [4.69, 9.17) is 9.25 Å². The van der Waals surface area contributed by atoms with E-state index in [2.05, 4.69) is 10.9 Å². The minimum absolute atomic E-state index is 0.0849. The van der Waals surface area contributed by atoms with E-state index in [1.807, 2.05) is 30.3 Å². The zero-order valence-corrected chi connectivity index (χ0v) is 15.0. The fourth-order valence-corrected chi connectivity index (χ4v) is 3.46. The van der Waals surface area contributed by atoms with Crippen molar-refractivity contribution >= 4 is 17.8 Å². The lowest BCUT2D eigenvalue weighted by molar-refractivity contribution is -0.140. The number of hydrogen-bond acceptors (Lipinski definition) is 5. The topological polar surface area (TPSA) is 104 Å². The van der Waals surface area contributed by atoms with Crippen molar-refractivity contribution in [2.24, 2.45) is 0 Å². The number of fused-ring (bicyclic) bond motifs is 2. The Hall–Kier alpha value is -3.33. The molecule has 1 aromatic carbocycles. The third kappa shape index (κ3) is 3.56. The number of urea groups is 1. The molecule has 2 aliphatic heterocycles. The smallest absolute Gasteiger partial charge is 0.345 e. The highest BCUT2D eigenvalue weighted by atomic mass is 16.7. The molecule has 9 heteroatoms. The van der Waals surface area contributed by atoms with E-state index in [0.29, 0.717) is 19.4 Å². The van der Waals surface area contributed by atoms with Gasteiger partial charge in [-0.25, -0.2) is 4.79 Å². The largest absolute Gasteiger partial charge is 0.459 e. The minimum Gasteiger partial charge on any atom is -0.459 e. The highest BCUT2D eigenvalue weighted by Gasteiger charge is 2.48. The first-order chi connectivity index (χ1) is 13.6. The maximum absolute atomic E-state index is 12.7. The molecule has 0 spiro atoms. The van der Waals surface area contributed by atoms with Crippen molar-refractivity contribution in [2.75, 3.05) is 6.54 Å². The summed E-state index contributed by atoms with van der Waals surface area (Å²) >= 11 is 0. The van der Waals surface area contributed by atoms with Crippen LogP contribution in [-0.2, 0) is 16.2 Å². The van der Waals surface area contributed by atoms with Crippen LogP contribution in [0.15, 0.2) is 53.1 Å². The number of amides is 4. The standard InChI is InChI=1S/C19H20N4O5/c24-17(20-21-18(25)16-7-4-10-27-16)15-9-8-14-11-22(15)19(26)23(14)28-12-13-5-2-1-3-6-13/h1-7,10,14-15H,8-9,11-12H2,(H,20,24)(H,21,25)/t14-,15+/m1/s1. The molecule has 28 heavy (non-hydrogen) atoms. The summed E-state index contributed by atoms with van der Waals surface area (Å²) in [4.78, 5) is 44.2. The molecule has 9 nitrogen and oxygen atoms in total. The van der Waals surface area contributed by atoms with Crippen molar-refractivity contribution in [3.8, 4) is 0 Å². The molecule has 0 aliphatic carbocycles. The number of furan rings is 1. The van der Waals surface area contributed by atoms with Gasteiger partial charge in [-0.3, -0.25) is 25.3 Å². The molecule has 0 saturated carbocycles. The highest BCUT2D eigenvalue weighted by Crippen LogP contribution is 2.30. The number of nitrogens with zero attached hydrogens (tertiary/aromatic N) is 2. The zero-order chi connectivity index (χ0) is 19.5. The van der Waals surface area contributed by atoms with E-state index in [1.54, 1.807) is 6.07 Å². The van der Waals surface area contributed by atoms with Crippen molar-refractivity contribution in [1.29, 1.82) is 0 Å². The number of piperidine rings is 1. The first-order valence-electron chi connectivity index (χ1n) is 9.04. The van der Waals surface area contributed by atoms with Crippen LogP contribution in [0, 0.1) is 0 Å². The van der Waals surface area contributed by atoms with Crippen LogP contribution in [0.3, 0.4) is 0 Å². The molecule has 4 amide bonds. The van der Waals surface area contributed by atoms with Gasteiger partial charge in [0.25, 0.3) is 5.91 Å². The third-order valence-corrected chi connectivity index (χ3v) is 4.88. The first kappa shape index (κ1) is 18.1. The summed E-state index contributed by atoms with van der Waals surface area (Å²) in [6, 6.07) is 11.5. The molecule has 2 N–H and O–H groups in total. The molecule has 2 aromatic rings. The van der Waals surface area contributed by atoms with Gasteiger partial charge in [-0.1, -0.05) is 30.3 Å². The Morgan fingerprint density at radius 3 is 2.68 bits per heavy atom.